The molecule has 0 spiro atoms. The Hall–Kier alpha value is -1.81. The summed E-state index contributed by atoms with van der Waals surface area (Å²) in [6.45, 7) is 3.02. The first-order chi connectivity index (χ1) is 15.3. The van der Waals surface area contributed by atoms with Crippen molar-refractivity contribution in [2.45, 2.75) is 39.0 Å². The second-order valence-corrected chi connectivity index (χ2v) is 13.1. The third-order valence-corrected chi connectivity index (χ3v) is 9.97. The number of fused-ring (bicyclic) bond motifs is 2. The van der Waals surface area contributed by atoms with Gasteiger partial charge in [0.1, 0.15) is 10.0 Å². The summed E-state index contributed by atoms with van der Waals surface area (Å²) >= 11 is 3.34. The minimum absolute atomic E-state index is 0.0904. The second kappa shape index (κ2) is 8.52. The summed E-state index contributed by atoms with van der Waals surface area (Å²) in [6, 6.07) is 8.12. The zero-order valence-corrected chi connectivity index (χ0v) is 20.7. The van der Waals surface area contributed by atoms with Crippen LogP contribution in [0, 0.1) is 11.8 Å². The van der Waals surface area contributed by atoms with Gasteiger partial charge in [-0.1, -0.05) is 19.1 Å². The van der Waals surface area contributed by atoms with E-state index in [2.05, 4.69) is 18.3 Å². The minimum atomic E-state index is -3.29. The Balaban J connectivity index is 1.49. The van der Waals surface area contributed by atoms with E-state index in [1.165, 1.54) is 21.0 Å². The fourth-order valence-electron chi connectivity index (χ4n) is 4.72. The third kappa shape index (κ3) is 4.23. The number of aromatic nitrogens is 1. The monoisotopic (exact) mass is 489 g/mol. The van der Waals surface area contributed by atoms with Gasteiger partial charge in [0.05, 0.1) is 22.4 Å². The maximum absolute atomic E-state index is 13.2. The molecule has 3 aromatic rings. The second-order valence-electron chi connectivity index (χ2n) is 8.99. The molecule has 1 aliphatic heterocycles. The van der Waals surface area contributed by atoms with E-state index < -0.39 is 10.0 Å². The summed E-state index contributed by atoms with van der Waals surface area (Å²) in [4.78, 5) is 19.5. The van der Waals surface area contributed by atoms with E-state index in [-0.39, 0.29) is 18.4 Å². The van der Waals surface area contributed by atoms with E-state index in [9.17, 15) is 13.2 Å². The van der Waals surface area contributed by atoms with Gasteiger partial charge in [-0.05, 0) is 55.7 Å². The molecule has 1 N–H and O–H groups in total. The van der Waals surface area contributed by atoms with Crippen LogP contribution >= 0.6 is 22.7 Å². The molecular weight excluding hydrogens is 462 g/mol. The van der Waals surface area contributed by atoms with Crippen LogP contribution in [0.4, 0.5) is 5.00 Å². The Labute approximate surface area is 196 Å². The molecule has 0 bridgehead atoms. The predicted octanol–water partition coefficient (Wildman–Crippen LogP) is 4.76. The zero-order valence-electron chi connectivity index (χ0n) is 18.3. The molecule has 0 saturated carbocycles. The van der Waals surface area contributed by atoms with E-state index >= 15 is 0 Å². The van der Waals surface area contributed by atoms with Crippen molar-refractivity contribution in [3.8, 4) is 10.6 Å². The van der Waals surface area contributed by atoms with Gasteiger partial charge in [0.2, 0.25) is 15.9 Å². The Morgan fingerprint density at radius 3 is 2.81 bits per heavy atom. The first-order valence-electron chi connectivity index (χ1n) is 11.1. The zero-order chi connectivity index (χ0) is 22.5. The van der Waals surface area contributed by atoms with Crippen LogP contribution in [0.25, 0.3) is 20.8 Å². The minimum Gasteiger partial charge on any atom is -0.317 e. The summed E-state index contributed by atoms with van der Waals surface area (Å²) < 4.78 is 26.5. The topological polar surface area (TPSA) is 79.4 Å². The van der Waals surface area contributed by atoms with E-state index in [1.807, 2.05) is 18.2 Å². The number of sulfonamides is 1. The number of benzene rings is 1. The fraction of sp³-hybridized carbons (Fsp3) is 0.478. The number of thiazole rings is 1. The Morgan fingerprint density at radius 2 is 2.03 bits per heavy atom. The number of carbonyl (C=O) groups is 1. The van der Waals surface area contributed by atoms with Crippen molar-refractivity contribution in [3.05, 3.63) is 34.7 Å². The molecule has 5 rings (SSSR count). The van der Waals surface area contributed by atoms with Crippen LogP contribution in [0.15, 0.2) is 24.3 Å². The smallest absolute Gasteiger partial charge is 0.229 e. The lowest BCUT2D eigenvalue weighted by atomic mass is 9.88. The number of piperidine rings is 1. The van der Waals surface area contributed by atoms with Crippen molar-refractivity contribution in [2.24, 2.45) is 11.8 Å². The number of anilines is 1. The average molecular weight is 490 g/mol. The maximum Gasteiger partial charge on any atom is 0.229 e. The number of para-hydroxylation sites is 1. The van der Waals surface area contributed by atoms with Crippen molar-refractivity contribution < 1.29 is 13.2 Å². The SMILES string of the molecule is CC1CCc2c(sc(NC(=O)C3CCCN(S(C)(=O)=O)C3)c2-c2nc3ccccc3s2)C1. The number of hydrogen-bond acceptors (Lipinski definition) is 6. The average Bonchev–Trinajstić information content (AvgIpc) is 3.33. The van der Waals surface area contributed by atoms with E-state index in [0.717, 1.165) is 45.1 Å². The predicted molar refractivity (Wildman–Crippen MR) is 132 cm³/mol. The van der Waals surface area contributed by atoms with Crippen LogP contribution in [-0.2, 0) is 27.7 Å². The number of rotatable bonds is 4. The van der Waals surface area contributed by atoms with Crippen molar-refractivity contribution in [3.63, 3.8) is 0 Å². The van der Waals surface area contributed by atoms with Gasteiger partial charge in [0.15, 0.2) is 0 Å². The van der Waals surface area contributed by atoms with Gasteiger partial charge in [-0.25, -0.2) is 17.7 Å². The number of thiophene rings is 1. The van der Waals surface area contributed by atoms with E-state index in [4.69, 9.17) is 4.98 Å². The molecule has 1 saturated heterocycles. The molecular formula is C23H27N3O3S3. The van der Waals surface area contributed by atoms with Crippen molar-refractivity contribution >= 4 is 53.8 Å². The molecule has 1 amide bonds. The summed E-state index contributed by atoms with van der Waals surface area (Å²) in [7, 11) is -3.29. The number of hydrogen-bond donors (Lipinski definition) is 1. The molecule has 2 aromatic heterocycles. The lowest BCUT2D eigenvalue weighted by Gasteiger charge is -2.30. The molecule has 32 heavy (non-hydrogen) atoms. The highest BCUT2D eigenvalue weighted by Gasteiger charge is 2.32. The number of nitrogens with zero attached hydrogens (tertiary/aromatic N) is 2. The number of nitrogens with one attached hydrogen (secondary N) is 1. The maximum atomic E-state index is 13.2. The van der Waals surface area contributed by atoms with Crippen LogP contribution in [0.1, 0.15) is 36.6 Å². The molecule has 1 aromatic carbocycles. The third-order valence-electron chi connectivity index (χ3n) is 6.48. The number of carbonyl (C=O) groups excluding carboxylic acids is 1. The number of amides is 1. The van der Waals surface area contributed by atoms with Crippen molar-refractivity contribution in [2.75, 3.05) is 24.7 Å². The van der Waals surface area contributed by atoms with Crippen LogP contribution in [-0.4, -0.2) is 43.0 Å². The Kier molecular flexibility index (Phi) is 5.86. The molecule has 3 heterocycles. The van der Waals surface area contributed by atoms with Crippen molar-refractivity contribution in [1.29, 1.82) is 0 Å². The lowest BCUT2D eigenvalue weighted by molar-refractivity contribution is -0.120. The van der Waals surface area contributed by atoms with E-state index in [0.29, 0.717) is 25.3 Å². The lowest BCUT2D eigenvalue weighted by Crippen LogP contribution is -2.43. The molecule has 1 fully saturated rings. The quantitative estimate of drug-likeness (QED) is 0.573. The Morgan fingerprint density at radius 1 is 1.22 bits per heavy atom. The van der Waals surface area contributed by atoms with Gasteiger partial charge in [0.25, 0.3) is 0 Å². The summed E-state index contributed by atoms with van der Waals surface area (Å²) in [6.07, 6.45) is 5.79. The van der Waals surface area contributed by atoms with Gasteiger partial charge in [-0.15, -0.1) is 22.7 Å². The van der Waals surface area contributed by atoms with Gasteiger partial charge in [-0.2, -0.15) is 0 Å². The summed E-state index contributed by atoms with van der Waals surface area (Å²) in [5, 5.41) is 5.01. The van der Waals surface area contributed by atoms with Crippen LogP contribution < -0.4 is 5.32 Å². The molecule has 0 radical (unpaired) electrons. The molecule has 2 unspecified atom stereocenters. The first kappa shape index (κ1) is 22.0. The van der Waals surface area contributed by atoms with Crippen LogP contribution in [0.2, 0.25) is 0 Å². The summed E-state index contributed by atoms with van der Waals surface area (Å²) in [5.41, 5.74) is 3.37. The molecule has 2 atom stereocenters. The molecule has 9 heteroatoms. The summed E-state index contributed by atoms with van der Waals surface area (Å²) in [5.74, 6) is 0.210. The largest absolute Gasteiger partial charge is 0.317 e. The normalized spacial score (nSPS) is 22.1. The fourth-order valence-corrected chi connectivity index (χ4v) is 8.15. The van der Waals surface area contributed by atoms with E-state index in [1.54, 1.807) is 22.7 Å². The molecule has 1 aliphatic carbocycles. The standard InChI is InChI=1S/C23H27N3O3S3/c1-14-9-10-16-19(12-14)31-23(20(16)22-24-17-7-3-4-8-18(17)30-22)25-21(27)15-6-5-11-26(13-15)32(2,28)29/h3-4,7-8,14-15H,5-6,9-13H2,1-2H3,(H,25,27). The molecule has 2 aliphatic rings. The van der Waals surface area contributed by atoms with Crippen LogP contribution in [0.3, 0.4) is 0 Å². The van der Waals surface area contributed by atoms with Gasteiger partial charge >= 0.3 is 0 Å². The highest BCUT2D eigenvalue weighted by atomic mass is 32.2. The van der Waals surface area contributed by atoms with Crippen LogP contribution in [0.5, 0.6) is 0 Å². The highest BCUT2D eigenvalue weighted by Crippen LogP contribution is 2.47. The molecule has 170 valence electrons. The van der Waals surface area contributed by atoms with Gasteiger partial charge in [0, 0.05) is 23.5 Å². The Bertz CT molecular complexity index is 1250. The molecule has 6 nitrogen and oxygen atoms in total. The highest BCUT2D eigenvalue weighted by molar-refractivity contribution is 7.88. The van der Waals surface area contributed by atoms with Gasteiger partial charge in [-0.3, -0.25) is 4.79 Å². The first-order valence-corrected chi connectivity index (χ1v) is 14.5. The van der Waals surface area contributed by atoms with Crippen molar-refractivity contribution in [1.82, 2.24) is 9.29 Å². The van der Waals surface area contributed by atoms with Gasteiger partial charge < -0.3 is 5.32 Å².